The molecule has 14 heavy (non-hydrogen) atoms. The lowest BCUT2D eigenvalue weighted by atomic mass is 10.1. The van der Waals surface area contributed by atoms with Gasteiger partial charge in [-0.05, 0) is 18.6 Å². The van der Waals surface area contributed by atoms with E-state index in [2.05, 4.69) is 11.9 Å². The topological polar surface area (TPSA) is 21.3 Å². The van der Waals surface area contributed by atoms with Gasteiger partial charge in [-0.1, -0.05) is 24.8 Å². The van der Waals surface area contributed by atoms with Crippen LogP contribution in [0, 0.1) is 0 Å². The maximum absolute atomic E-state index is 5.77. The van der Waals surface area contributed by atoms with Gasteiger partial charge in [0.25, 0.3) is 0 Å². The molecule has 1 saturated heterocycles. The first-order chi connectivity index (χ1) is 6.77. The van der Waals surface area contributed by atoms with E-state index in [1.807, 2.05) is 31.2 Å². The maximum Gasteiger partial charge on any atom is 0.151 e. The van der Waals surface area contributed by atoms with Crippen LogP contribution in [-0.4, -0.2) is 12.8 Å². The van der Waals surface area contributed by atoms with Crippen LogP contribution in [0.5, 0.6) is 5.75 Å². The Morgan fingerprint density at radius 3 is 2.79 bits per heavy atom. The Morgan fingerprint density at radius 1 is 1.50 bits per heavy atom. The number of allylic oxidation sites excluding steroid dienone is 1. The van der Waals surface area contributed by atoms with Gasteiger partial charge in [0.05, 0.1) is 0 Å². The molecule has 2 heteroatoms. The van der Waals surface area contributed by atoms with E-state index in [0.717, 1.165) is 29.9 Å². The SMILES string of the molecule is C=C(C)c1ccccc1OC1CCN1. The van der Waals surface area contributed by atoms with E-state index in [-0.39, 0.29) is 6.23 Å². The van der Waals surface area contributed by atoms with Crippen LogP contribution in [0.2, 0.25) is 0 Å². The van der Waals surface area contributed by atoms with Crippen molar-refractivity contribution in [3.63, 3.8) is 0 Å². The third kappa shape index (κ3) is 1.80. The number of hydrogen-bond acceptors (Lipinski definition) is 2. The first-order valence-corrected chi connectivity index (χ1v) is 4.92. The predicted molar refractivity (Wildman–Crippen MR) is 58.2 cm³/mol. The Balaban J connectivity index is 2.17. The molecule has 1 aromatic rings. The number of hydrogen-bond donors (Lipinski definition) is 1. The van der Waals surface area contributed by atoms with Crippen molar-refractivity contribution in [2.24, 2.45) is 0 Å². The summed E-state index contributed by atoms with van der Waals surface area (Å²) in [5.41, 5.74) is 2.14. The van der Waals surface area contributed by atoms with Crippen molar-refractivity contribution in [3.8, 4) is 5.75 Å². The van der Waals surface area contributed by atoms with Crippen molar-refractivity contribution in [3.05, 3.63) is 36.4 Å². The van der Waals surface area contributed by atoms with Gasteiger partial charge in [0.15, 0.2) is 6.23 Å². The van der Waals surface area contributed by atoms with Crippen LogP contribution >= 0.6 is 0 Å². The average molecular weight is 189 g/mol. The molecule has 0 amide bonds. The number of para-hydroxylation sites is 1. The van der Waals surface area contributed by atoms with Gasteiger partial charge >= 0.3 is 0 Å². The quantitative estimate of drug-likeness (QED) is 0.788. The molecule has 74 valence electrons. The van der Waals surface area contributed by atoms with Crippen LogP contribution < -0.4 is 10.1 Å². The van der Waals surface area contributed by atoms with Gasteiger partial charge in [-0.15, -0.1) is 0 Å². The first-order valence-electron chi connectivity index (χ1n) is 4.92. The second-order valence-electron chi connectivity index (χ2n) is 3.63. The smallest absolute Gasteiger partial charge is 0.151 e. The van der Waals surface area contributed by atoms with Crippen LogP contribution in [0.3, 0.4) is 0 Å². The number of ether oxygens (including phenoxy) is 1. The zero-order chi connectivity index (χ0) is 9.97. The summed E-state index contributed by atoms with van der Waals surface area (Å²) in [5.74, 6) is 0.928. The molecule has 0 spiro atoms. The summed E-state index contributed by atoms with van der Waals surface area (Å²) >= 11 is 0. The molecule has 2 rings (SSSR count). The van der Waals surface area contributed by atoms with Gasteiger partial charge in [-0.2, -0.15) is 0 Å². The van der Waals surface area contributed by atoms with E-state index in [1.165, 1.54) is 0 Å². The Kier molecular flexibility index (Phi) is 2.55. The molecule has 0 aliphatic carbocycles. The van der Waals surface area contributed by atoms with E-state index >= 15 is 0 Å². The minimum atomic E-state index is 0.190. The van der Waals surface area contributed by atoms with Crippen LogP contribution in [0.4, 0.5) is 0 Å². The molecule has 1 unspecified atom stereocenters. The van der Waals surface area contributed by atoms with E-state index in [4.69, 9.17) is 4.74 Å². The van der Waals surface area contributed by atoms with Gasteiger partial charge in [0.2, 0.25) is 0 Å². The lowest BCUT2D eigenvalue weighted by Crippen LogP contribution is -2.46. The summed E-state index contributed by atoms with van der Waals surface area (Å²) in [6.07, 6.45) is 1.28. The molecule has 1 fully saturated rings. The van der Waals surface area contributed by atoms with Gasteiger partial charge in [-0.3, -0.25) is 5.32 Å². The Hall–Kier alpha value is -1.28. The lowest BCUT2D eigenvalue weighted by Gasteiger charge is -2.29. The number of rotatable bonds is 3. The van der Waals surface area contributed by atoms with Gasteiger partial charge in [0, 0.05) is 18.5 Å². The van der Waals surface area contributed by atoms with Crippen LogP contribution in [0.15, 0.2) is 30.8 Å². The summed E-state index contributed by atoms with van der Waals surface area (Å²) < 4.78 is 5.77. The van der Waals surface area contributed by atoms with Crippen molar-refractivity contribution in [1.82, 2.24) is 5.32 Å². The van der Waals surface area contributed by atoms with Gasteiger partial charge in [-0.25, -0.2) is 0 Å². The second kappa shape index (κ2) is 3.84. The van der Waals surface area contributed by atoms with Crippen molar-refractivity contribution < 1.29 is 4.74 Å². The standard InChI is InChI=1S/C12H15NO/c1-9(2)10-5-3-4-6-11(10)14-12-7-8-13-12/h3-6,12-13H,1,7-8H2,2H3. The number of nitrogens with one attached hydrogen (secondary N) is 1. The molecule has 0 radical (unpaired) electrons. The molecule has 2 nitrogen and oxygen atoms in total. The fourth-order valence-electron chi connectivity index (χ4n) is 1.44. The summed E-state index contributed by atoms with van der Waals surface area (Å²) in [6, 6.07) is 8.02. The minimum Gasteiger partial charge on any atom is -0.475 e. The highest BCUT2D eigenvalue weighted by atomic mass is 16.5. The third-order valence-corrected chi connectivity index (χ3v) is 2.39. The highest BCUT2D eigenvalue weighted by Crippen LogP contribution is 2.26. The molecule has 1 aliphatic heterocycles. The van der Waals surface area contributed by atoms with Crippen molar-refractivity contribution >= 4 is 5.57 Å². The summed E-state index contributed by atoms with van der Waals surface area (Å²) in [6.45, 7) is 6.99. The van der Waals surface area contributed by atoms with Gasteiger partial charge in [0.1, 0.15) is 5.75 Å². The highest BCUT2D eigenvalue weighted by Gasteiger charge is 2.18. The first kappa shape index (κ1) is 9.28. The van der Waals surface area contributed by atoms with Crippen LogP contribution in [0.1, 0.15) is 18.9 Å². The summed E-state index contributed by atoms with van der Waals surface area (Å²) in [7, 11) is 0. The predicted octanol–water partition coefficient (Wildman–Crippen LogP) is 2.42. The van der Waals surface area contributed by atoms with Gasteiger partial charge < -0.3 is 4.74 Å². The molecule has 0 bridgehead atoms. The molecule has 1 atom stereocenters. The Morgan fingerprint density at radius 2 is 2.21 bits per heavy atom. The van der Waals surface area contributed by atoms with E-state index in [1.54, 1.807) is 0 Å². The summed E-state index contributed by atoms with van der Waals surface area (Å²) in [5, 5.41) is 3.21. The molecular weight excluding hydrogens is 174 g/mol. The van der Waals surface area contributed by atoms with Crippen molar-refractivity contribution in [2.75, 3.05) is 6.54 Å². The minimum absolute atomic E-state index is 0.190. The molecule has 0 aromatic heterocycles. The maximum atomic E-state index is 5.77. The van der Waals surface area contributed by atoms with E-state index < -0.39 is 0 Å². The van der Waals surface area contributed by atoms with E-state index in [9.17, 15) is 0 Å². The largest absolute Gasteiger partial charge is 0.475 e. The Labute approximate surface area is 84.6 Å². The fourth-order valence-corrected chi connectivity index (χ4v) is 1.44. The zero-order valence-corrected chi connectivity index (χ0v) is 8.42. The highest BCUT2D eigenvalue weighted by molar-refractivity contribution is 5.66. The monoisotopic (exact) mass is 189 g/mol. The molecular formula is C12H15NO. The zero-order valence-electron chi connectivity index (χ0n) is 8.42. The third-order valence-electron chi connectivity index (χ3n) is 2.39. The fraction of sp³-hybridized carbons (Fsp3) is 0.333. The molecule has 1 aliphatic rings. The normalized spacial score (nSPS) is 19.9. The second-order valence-corrected chi connectivity index (χ2v) is 3.63. The molecule has 1 heterocycles. The van der Waals surface area contributed by atoms with E-state index in [0.29, 0.717) is 0 Å². The molecule has 1 aromatic carbocycles. The summed E-state index contributed by atoms with van der Waals surface area (Å²) in [4.78, 5) is 0. The van der Waals surface area contributed by atoms with Crippen molar-refractivity contribution in [2.45, 2.75) is 19.6 Å². The van der Waals surface area contributed by atoms with Crippen molar-refractivity contribution in [1.29, 1.82) is 0 Å². The molecule has 1 N–H and O–H groups in total. The van der Waals surface area contributed by atoms with Crippen LogP contribution in [0.25, 0.3) is 5.57 Å². The lowest BCUT2D eigenvalue weighted by molar-refractivity contribution is 0.0984. The Bertz CT molecular complexity index is 342. The molecule has 0 saturated carbocycles. The number of benzene rings is 1. The van der Waals surface area contributed by atoms with Crippen LogP contribution in [-0.2, 0) is 0 Å². The average Bonchev–Trinajstić information content (AvgIpc) is 2.12.